The maximum atomic E-state index is 3.36. The van der Waals surface area contributed by atoms with E-state index in [1.165, 1.54) is 30.6 Å². The summed E-state index contributed by atoms with van der Waals surface area (Å²) in [7, 11) is 0. The van der Waals surface area contributed by atoms with Crippen molar-refractivity contribution in [2.45, 2.75) is 45.7 Å². The van der Waals surface area contributed by atoms with Gasteiger partial charge in [0.25, 0.3) is 0 Å². The van der Waals surface area contributed by atoms with Crippen LogP contribution in [0.25, 0.3) is 0 Å². The summed E-state index contributed by atoms with van der Waals surface area (Å²) in [6, 6.07) is 9.01. The van der Waals surface area contributed by atoms with Crippen molar-refractivity contribution in [2.24, 2.45) is 0 Å². The average molecular weight is 232 g/mol. The molecule has 1 fully saturated rings. The second-order valence-corrected chi connectivity index (χ2v) is 5.51. The van der Waals surface area contributed by atoms with Gasteiger partial charge in [-0.2, -0.15) is 0 Å². The minimum atomic E-state index is 0.323. The van der Waals surface area contributed by atoms with Crippen molar-refractivity contribution in [3.8, 4) is 0 Å². The lowest BCUT2D eigenvalue weighted by molar-refractivity contribution is 0.518. The van der Waals surface area contributed by atoms with E-state index in [9.17, 15) is 0 Å². The number of nitrogens with zero attached hydrogens (tertiary/aromatic N) is 1. The third kappa shape index (κ3) is 2.81. The molecule has 0 unspecified atom stereocenters. The lowest BCUT2D eigenvalue weighted by Gasteiger charge is -2.33. The Morgan fingerprint density at radius 3 is 2.47 bits per heavy atom. The summed E-state index contributed by atoms with van der Waals surface area (Å²) < 4.78 is 0. The first kappa shape index (κ1) is 12.4. The van der Waals surface area contributed by atoms with Crippen LogP contribution in [-0.2, 0) is 6.54 Å². The van der Waals surface area contributed by atoms with E-state index in [2.05, 4.69) is 55.3 Å². The van der Waals surface area contributed by atoms with Crippen LogP contribution < -0.4 is 10.2 Å². The molecule has 1 aromatic rings. The van der Waals surface area contributed by atoms with Crippen LogP contribution in [0.3, 0.4) is 0 Å². The van der Waals surface area contributed by atoms with Crippen molar-refractivity contribution < 1.29 is 0 Å². The van der Waals surface area contributed by atoms with Crippen molar-refractivity contribution in [1.82, 2.24) is 5.32 Å². The number of anilines is 1. The molecule has 1 aliphatic heterocycles. The van der Waals surface area contributed by atoms with Crippen LogP contribution in [0.4, 0.5) is 5.69 Å². The smallest absolute Gasteiger partial charge is 0.0370 e. The summed E-state index contributed by atoms with van der Waals surface area (Å²) >= 11 is 0. The minimum Gasteiger partial charge on any atom is -0.366 e. The summed E-state index contributed by atoms with van der Waals surface area (Å²) in [5.74, 6) is 0. The summed E-state index contributed by atoms with van der Waals surface area (Å²) in [4.78, 5) is 2.53. The molecule has 0 aliphatic carbocycles. The molecule has 1 heterocycles. The molecule has 1 N–H and O–H groups in total. The van der Waals surface area contributed by atoms with Gasteiger partial charge in [-0.25, -0.2) is 0 Å². The van der Waals surface area contributed by atoms with E-state index in [1.54, 1.807) is 0 Å². The molecule has 0 aromatic heterocycles. The lowest BCUT2D eigenvalue weighted by atomic mass is 10.0. The van der Waals surface area contributed by atoms with Crippen LogP contribution >= 0.6 is 0 Å². The second kappa shape index (κ2) is 5.09. The molecule has 2 heteroatoms. The van der Waals surface area contributed by atoms with Crippen molar-refractivity contribution >= 4 is 5.69 Å². The normalized spacial score (nSPS) is 18.6. The molecule has 1 aromatic carbocycles. The van der Waals surface area contributed by atoms with Crippen molar-refractivity contribution in [3.63, 3.8) is 0 Å². The summed E-state index contributed by atoms with van der Waals surface area (Å²) in [5, 5.41) is 3.36. The molecule has 0 saturated carbocycles. The molecular weight excluding hydrogens is 208 g/mol. The van der Waals surface area contributed by atoms with Gasteiger partial charge in [0.1, 0.15) is 0 Å². The SMILES string of the molecule is CCNCc1ccc(N2CCCC2(C)C)cc1. The monoisotopic (exact) mass is 232 g/mol. The Hall–Kier alpha value is -1.02. The van der Waals surface area contributed by atoms with E-state index in [-0.39, 0.29) is 0 Å². The molecule has 94 valence electrons. The molecular formula is C15H24N2. The van der Waals surface area contributed by atoms with Crippen molar-refractivity contribution in [3.05, 3.63) is 29.8 Å². The highest BCUT2D eigenvalue weighted by molar-refractivity contribution is 5.51. The van der Waals surface area contributed by atoms with Crippen LogP contribution in [0.2, 0.25) is 0 Å². The van der Waals surface area contributed by atoms with Gasteiger partial charge in [-0.1, -0.05) is 19.1 Å². The zero-order valence-corrected chi connectivity index (χ0v) is 11.3. The number of hydrogen-bond acceptors (Lipinski definition) is 2. The highest BCUT2D eigenvalue weighted by Crippen LogP contribution is 2.33. The third-order valence-corrected chi connectivity index (χ3v) is 3.73. The van der Waals surface area contributed by atoms with Crippen LogP contribution in [-0.4, -0.2) is 18.6 Å². The van der Waals surface area contributed by atoms with Gasteiger partial charge in [0, 0.05) is 24.3 Å². The molecule has 1 saturated heterocycles. The molecule has 1 aliphatic rings. The zero-order valence-electron chi connectivity index (χ0n) is 11.3. The predicted octanol–water partition coefficient (Wildman–Crippen LogP) is 3.17. The Bertz CT molecular complexity index is 354. The van der Waals surface area contributed by atoms with Gasteiger partial charge in [0.15, 0.2) is 0 Å². The van der Waals surface area contributed by atoms with E-state index < -0.39 is 0 Å². The van der Waals surface area contributed by atoms with Gasteiger partial charge < -0.3 is 10.2 Å². The standard InChI is InChI=1S/C15H24N2/c1-4-16-12-13-6-8-14(9-7-13)17-11-5-10-15(17,2)3/h6-9,16H,4-5,10-12H2,1-3H3. The first-order valence-electron chi connectivity index (χ1n) is 6.71. The number of benzene rings is 1. The third-order valence-electron chi connectivity index (χ3n) is 3.73. The van der Waals surface area contributed by atoms with Crippen LogP contribution in [0, 0.1) is 0 Å². The number of hydrogen-bond donors (Lipinski definition) is 1. The molecule has 0 atom stereocenters. The summed E-state index contributed by atoms with van der Waals surface area (Å²) in [5.41, 5.74) is 3.06. The van der Waals surface area contributed by atoms with E-state index in [4.69, 9.17) is 0 Å². The van der Waals surface area contributed by atoms with E-state index in [1.807, 2.05) is 0 Å². The molecule has 2 rings (SSSR count). The Balaban J connectivity index is 2.07. The predicted molar refractivity (Wildman–Crippen MR) is 74.5 cm³/mol. The van der Waals surface area contributed by atoms with Crippen molar-refractivity contribution in [1.29, 1.82) is 0 Å². The lowest BCUT2D eigenvalue weighted by Crippen LogP contribution is -2.38. The minimum absolute atomic E-state index is 0.323. The van der Waals surface area contributed by atoms with Gasteiger partial charge in [0.2, 0.25) is 0 Å². The number of rotatable bonds is 4. The fraction of sp³-hybridized carbons (Fsp3) is 0.600. The van der Waals surface area contributed by atoms with Gasteiger partial charge in [-0.15, -0.1) is 0 Å². The maximum absolute atomic E-state index is 3.36. The van der Waals surface area contributed by atoms with Gasteiger partial charge in [-0.3, -0.25) is 0 Å². The highest BCUT2D eigenvalue weighted by Gasteiger charge is 2.31. The molecule has 0 radical (unpaired) electrons. The largest absolute Gasteiger partial charge is 0.366 e. The Morgan fingerprint density at radius 2 is 1.94 bits per heavy atom. The fourth-order valence-corrected chi connectivity index (χ4v) is 2.65. The van der Waals surface area contributed by atoms with Gasteiger partial charge >= 0.3 is 0 Å². The van der Waals surface area contributed by atoms with E-state index in [0.717, 1.165) is 13.1 Å². The quantitative estimate of drug-likeness (QED) is 0.857. The summed E-state index contributed by atoms with van der Waals surface area (Å²) in [6.07, 6.45) is 2.61. The number of nitrogens with one attached hydrogen (secondary N) is 1. The Morgan fingerprint density at radius 1 is 1.24 bits per heavy atom. The Labute approximate surface area is 105 Å². The first-order chi connectivity index (χ1) is 8.13. The molecule has 0 amide bonds. The van der Waals surface area contributed by atoms with Crippen LogP contribution in [0.1, 0.15) is 39.2 Å². The van der Waals surface area contributed by atoms with E-state index >= 15 is 0 Å². The topological polar surface area (TPSA) is 15.3 Å². The zero-order chi connectivity index (χ0) is 12.3. The van der Waals surface area contributed by atoms with Crippen molar-refractivity contribution in [2.75, 3.05) is 18.0 Å². The second-order valence-electron chi connectivity index (χ2n) is 5.51. The fourth-order valence-electron chi connectivity index (χ4n) is 2.65. The molecule has 0 spiro atoms. The van der Waals surface area contributed by atoms with Gasteiger partial charge in [0.05, 0.1) is 0 Å². The molecule has 2 nitrogen and oxygen atoms in total. The average Bonchev–Trinajstić information content (AvgIpc) is 2.67. The van der Waals surface area contributed by atoms with Crippen LogP contribution in [0.15, 0.2) is 24.3 Å². The van der Waals surface area contributed by atoms with E-state index in [0.29, 0.717) is 5.54 Å². The van der Waals surface area contributed by atoms with Crippen LogP contribution in [0.5, 0.6) is 0 Å². The van der Waals surface area contributed by atoms with Gasteiger partial charge in [-0.05, 0) is 50.9 Å². The Kier molecular flexibility index (Phi) is 3.72. The summed E-state index contributed by atoms with van der Waals surface area (Å²) in [6.45, 7) is 10.0. The molecule has 0 bridgehead atoms. The maximum Gasteiger partial charge on any atom is 0.0370 e. The molecule has 17 heavy (non-hydrogen) atoms. The first-order valence-corrected chi connectivity index (χ1v) is 6.71. The highest BCUT2D eigenvalue weighted by atomic mass is 15.2.